The van der Waals surface area contributed by atoms with Crippen molar-refractivity contribution in [2.24, 2.45) is 0 Å². The molecule has 2 nitrogen and oxygen atoms in total. The fourth-order valence-electron chi connectivity index (χ4n) is 0. The molecule has 0 amide bonds. The summed E-state index contributed by atoms with van der Waals surface area (Å²) in [6.45, 7) is 0. The zero-order chi connectivity index (χ0) is 5.21. The SMILES string of the molecule is ONC(F)(F)F.[H-].[Na+]. The van der Waals surface area contributed by atoms with Crippen molar-refractivity contribution in [2.75, 3.05) is 0 Å². The molecule has 0 fully saturated rings. The summed E-state index contributed by atoms with van der Waals surface area (Å²) in [5.74, 6) is 0. The maximum Gasteiger partial charge on any atom is 1.00 e. The first-order valence-corrected chi connectivity index (χ1v) is 1.04. The van der Waals surface area contributed by atoms with Crippen LogP contribution < -0.4 is 35.0 Å². The molecule has 0 aromatic heterocycles. The van der Waals surface area contributed by atoms with E-state index in [1.54, 1.807) is 0 Å². The molecule has 0 heterocycles. The number of halogens is 3. The van der Waals surface area contributed by atoms with E-state index in [4.69, 9.17) is 5.21 Å². The largest absolute Gasteiger partial charge is 1.00 e. The fourth-order valence-corrected chi connectivity index (χ4v) is 0. The monoisotopic (exact) mass is 125 g/mol. The van der Waals surface area contributed by atoms with Gasteiger partial charge in [0.25, 0.3) is 0 Å². The average molecular weight is 125 g/mol. The van der Waals surface area contributed by atoms with Gasteiger partial charge in [0.2, 0.25) is 0 Å². The zero-order valence-corrected chi connectivity index (χ0v) is 5.58. The molecule has 6 heteroatoms. The minimum Gasteiger partial charge on any atom is -1.00 e. The third-order valence-electron chi connectivity index (χ3n) is 0.127. The van der Waals surface area contributed by atoms with Gasteiger partial charge in [-0.15, -0.1) is 5.48 Å². The van der Waals surface area contributed by atoms with E-state index < -0.39 is 6.30 Å². The van der Waals surface area contributed by atoms with Crippen LogP contribution in [0.2, 0.25) is 0 Å². The van der Waals surface area contributed by atoms with Gasteiger partial charge in [-0.05, 0) is 0 Å². The topological polar surface area (TPSA) is 32.3 Å². The number of hydroxylamine groups is 1. The number of hydrogen-bond donors (Lipinski definition) is 2. The molecule has 7 heavy (non-hydrogen) atoms. The molecular weight excluding hydrogens is 122 g/mol. The predicted octanol–water partition coefficient (Wildman–Crippen LogP) is -2.40. The summed E-state index contributed by atoms with van der Waals surface area (Å²) in [5, 5.41) is 7.03. The first-order chi connectivity index (χ1) is 2.56. The molecule has 0 unspecified atom stereocenters. The van der Waals surface area contributed by atoms with E-state index in [0.29, 0.717) is 0 Å². The van der Waals surface area contributed by atoms with Crippen LogP contribution in [0.4, 0.5) is 13.2 Å². The molecule has 0 aliphatic heterocycles. The van der Waals surface area contributed by atoms with Crippen LogP contribution in [0.3, 0.4) is 0 Å². The van der Waals surface area contributed by atoms with Crippen molar-refractivity contribution in [1.29, 1.82) is 0 Å². The summed E-state index contributed by atoms with van der Waals surface area (Å²) in [6.07, 6.45) is -4.65. The van der Waals surface area contributed by atoms with E-state index in [0.717, 1.165) is 0 Å². The molecule has 0 aromatic rings. The van der Waals surface area contributed by atoms with E-state index in [1.165, 1.54) is 0 Å². The quantitative estimate of drug-likeness (QED) is 0.215. The summed E-state index contributed by atoms with van der Waals surface area (Å²) in [4.78, 5) is 0. The minimum absolute atomic E-state index is 0. The van der Waals surface area contributed by atoms with Crippen LogP contribution >= 0.6 is 0 Å². The zero-order valence-electron chi connectivity index (χ0n) is 4.58. The second-order valence-electron chi connectivity index (χ2n) is 0.610. The van der Waals surface area contributed by atoms with E-state index in [2.05, 4.69) is 0 Å². The normalized spacial score (nSPS) is 10.3. The van der Waals surface area contributed by atoms with Gasteiger partial charge in [0, 0.05) is 0 Å². The smallest absolute Gasteiger partial charge is 1.00 e. The number of hydrogen-bond acceptors (Lipinski definition) is 2. The molecular formula is CH3F3NNaO. The van der Waals surface area contributed by atoms with Crippen LogP contribution in [0.25, 0.3) is 0 Å². The van der Waals surface area contributed by atoms with Crippen LogP contribution in [0, 0.1) is 0 Å². The van der Waals surface area contributed by atoms with Gasteiger partial charge in [-0.2, -0.15) is 13.2 Å². The van der Waals surface area contributed by atoms with Crippen molar-refractivity contribution in [3.8, 4) is 0 Å². The van der Waals surface area contributed by atoms with E-state index >= 15 is 0 Å². The third kappa shape index (κ3) is 10.8. The van der Waals surface area contributed by atoms with E-state index in [9.17, 15) is 13.2 Å². The van der Waals surface area contributed by atoms with Gasteiger partial charge in [-0.1, -0.05) is 0 Å². The molecule has 0 atom stereocenters. The fraction of sp³-hybridized carbons (Fsp3) is 1.00. The summed E-state index contributed by atoms with van der Waals surface area (Å²) in [6, 6.07) is 0. The molecule has 0 saturated carbocycles. The Kier molecular flexibility index (Phi) is 5.60. The van der Waals surface area contributed by atoms with Crippen LogP contribution in [0.15, 0.2) is 0 Å². The Bertz CT molecular complexity index is 49.0. The van der Waals surface area contributed by atoms with Gasteiger partial charge >= 0.3 is 35.9 Å². The Labute approximate surface area is 61.4 Å². The molecule has 0 bridgehead atoms. The summed E-state index contributed by atoms with van der Waals surface area (Å²) < 4.78 is 31.3. The van der Waals surface area contributed by atoms with Crippen molar-refractivity contribution >= 4 is 0 Å². The molecule has 0 radical (unpaired) electrons. The van der Waals surface area contributed by atoms with Crippen LogP contribution in [-0.4, -0.2) is 11.5 Å². The standard InChI is InChI=1S/CH2F3NO.Na.H/c2-1(3,4)5-6;;/h5-6H;;/q;+1;-1. The van der Waals surface area contributed by atoms with Crippen molar-refractivity contribution in [3.05, 3.63) is 0 Å². The molecule has 0 rings (SSSR count). The maximum absolute atomic E-state index is 10.4. The van der Waals surface area contributed by atoms with Gasteiger partial charge in [0.05, 0.1) is 0 Å². The summed E-state index contributed by atoms with van der Waals surface area (Å²) in [5.41, 5.74) is 0.104. The minimum atomic E-state index is -4.65. The second-order valence-corrected chi connectivity index (χ2v) is 0.610. The third-order valence-corrected chi connectivity index (χ3v) is 0.127. The van der Waals surface area contributed by atoms with E-state index in [1.807, 2.05) is 0 Å². The van der Waals surface area contributed by atoms with Crippen molar-refractivity contribution in [1.82, 2.24) is 5.48 Å². The van der Waals surface area contributed by atoms with Crippen LogP contribution in [-0.2, 0) is 0 Å². The predicted molar refractivity (Wildman–Crippen MR) is 12.1 cm³/mol. The van der Waals surface area contributed by atoms with Crippen molar-refractivity contribution < 1.29 is 49.4 Å². The van der Waals surface area contributed by atoms with Gasteiger partial charge in [0.15, 0.2) is 0 Å². The molecule has 0 aliphatic rings. The first kappa shape index (κ1) is 10.6. The van der Waals surface area contributed by atoms with Gasteiger partial charge in [0.1, 0.15) is 0 Å². The number of rotatable bonds is 0. The summed E-state index contributed by atoms with van der Waals surface area (Å²) >= 11 is 0. The maximum atomic E-state index is 10.4. The molecule has 0 aromatic carbocycles. The molecule has 2 N–H and O–H groups in total. The first-order valence-electron chi connectivity index (χ1n) is 1.04. The van der Waals surface area contributed by atoms with Crippen molar-refractivity contribution in [2.45, 2.75) is 6.30 Å². The summed E-state index contributed by atoms with van der Waals surface area (Å²) in [7, 11) is 0. The van der Waals surface area contributed by atoms with Crippen molar-refractivity contribution in [3.63, 3.8) is 0 Å². The Morgan fingerprint density at radius 1 is 1.43 bits per heavy atom. The van der Waals surface area contributed by atoms with Crippen LogP contribution in [0.1, 0.15) is 1.43 Å². The molecule has 40 valence electrons. The molecule has 0 spiro atoms. The van der Waals surface area contributed by atoms with E-state index in [-0.39, 0.29) is 36.5 Å². The Morgan fingerprint density at radius 2 is 1.57 bits per heavy atom. The van der Waals surface area contributed by atoms with Crippen LogP contribution in [0.5, 0.6) is 0 Å². The van der Waals surface area contributed by atoms with Gasteiger partial charge in [-0.25, -0.2) is 0 Å². The molecule has 0 saturated heterocycles. The Balaban J connectivity index is -0.000000125. The average Bonchev–Trinajstić information content (AvgIpc) is 1.35. The number of alkyl halides is 3. The Hall–Kier alpha value is 0.710. The second kappa shape index (κ2) is 3.68. The Morgan fingerprint density at radius 3 is 1.57 bits per heavy atom. The molecule has 0 aliphatic carbocycles. The van der Waals surface area contributed by atoms with Gasteiger partial charge < -0.3 is 6.63 Å². The number of nitrogens with one attached hydrogen (secondary N) is 1. The van der Waals surface area contributed by atoms with Gasteiger partial charge in [-0.3, -0.25) is 0 Å².